The lowest BCUT2D eigenvalue weighted by atomic mass is 10.2. The fourth-order valence-electron chi connectivity index (χ4n) is 2.27. The van der Waals surface area contributed by atoms with Gasteiger partial charge in [-0.3, -0.25) is 4.79 Å². The van der Waals surface area contributed by atoms with E-state index in [1.165, 1.54) is 23.1 Å². The summed E-state index contributed by atoms with van der Waals surface area (Å²) in [5.41, 5.74) is 3.25. The van der Waals surface area contributed by atoms with Gasteiger partial charge in [-0.2, -0.15) is 5.10 Å². The SMILES string of the molecule is Cc1nn(-c2ccc(F)cc2)c(C)c1/C=C/C(=O)N(C)CCO. The van der Waals surface area contributed by atoms with Crippen molar-refractivity contribution in [3.63, 3.8) is 0 Å². The summed E-state index contributed by atoms with van der Waals surface area (Å²) in [5, 5.41) is 13.3. The zero-order valence-corrected chi connectivity index (χ0v) is 13.5. The number of likely N-dealkylation sites (N-methyl/N-ethyl adjacent to an activating group) is 1. The van der Waals surface area contributed by atoms with Gasteiger partial charge in [-0.15, -0.1) is 0 Å². The number of benzene rings is 1. The summed E-state index contributed by atoms with van der Waals surface area (Å²) in [6.07, 6.45) is 3.18. The highest BCUT2D eigenvalue weighted by atomic mass is 19.1. The van der Waals surface area contributed by atoms with E-state index in [9.17, 15) is 9.18 Å². The lowest BCUT2D eigenvalue weighted by Crippen LogP contribution is -2.27. The number of hydrogen-bond acceptors (Lipinski definition) is 3. The fourth-order valence-corrected chi connectivity index (χ4v) is 2.27. The second-order valence-corrected chi connectivity index (χ2v) is 5.29. The van der Waals surface area contributed by atoms with Crippen molar-refractivity contribution in [2.75, 3.05) is 20.2 Å². The van der Waals surface area contributed by atoms with Crippen molar-refractivity contribution in [1.82, 2.24) is 14.7 Å². The van der Waals surface area contributed by atoms with Gasteiger partial charge in [-0.05, 0) is 44.2 Å². The molecule has 5 nitrogen and oxygen atoms in total. The number of halogens is 1. The number of aliphatic hydroxyl groups is 1. The first kappa shape index (κ1) is 16.9. The minimum Gasteiger partial charge on any atom is -0.395 e. The van der Waals surface area contributed by atoms with Crippen molar-refractivity contribution >= 4 is 12.0 Å². The van der Waals surface area contributed by atoms with E-state index < -0.39 is 0 Å². The molecule has 0 atom stereocenters. The predicted molar refractivity (Wildman–Crippen MR) is 86.8 cm³/mol. The van der Waals surface area contributed by atoms with Crippen LogP contribution in [0.1, 0.15) is 17.0 Å². The molecule has 0 unspecified atom stereocenters. The minimum absolute atomic E-state index is 0.0728. The number of aromatic nitrogens is 2. The van der Waals surface area contributed by atoms with Crippen LogP contribution in [0.3, 0.4) is 0 Å². The zero-order chi connectivity index (χ0) is 17.0. The molecule has 0 bridgehead atoms. The van der Waals surface area contributed by atoms with Crippen LogP contribution in [0.2, 0.25) is 0 Å². The first-order valence-electron chi connectivity index (χ1n) is 7.30. The lowest BCUT2D eigenvalue weighted by Gasteiger charge is -2.12. The molecule has 0 aliphatic rings. The number of amides is 1. The maximum Gasteiger partial charge on any atom is 0.246 e. The molecule has 2 aromatic rings. The van der Waals surface area contributed by atoms with Gasteiger partial charge in [0.25, 0.3) is 0 Å². The largest absolute Gasteiger partial charge is 0.395 e. The van der Waals surface area contributed by atoms with E-state index in [0.717, 1.165) is 22.6 Å². The first-order chi connectivity index (χ1) is 10.9. The van der Waals surface area contributed by atoms with Crippen molar-refractivity contribution < 1.29 is 14.3 Å². The van der Waals surface area contributed by atoms with E-state index >= 15 is 0 Å². The zero-order valence-electron chi connectivity index (χ0n) is 13.5. The summed E-state index contributed by atoms with van der Waals surface area (Å²) in [7, 11) is 1.63. The number of rotatable bonds is 5. The second kappa shape index (κ2) is 7.19. The Morgan fingerprint density at radius 3 is 2.61 bits per heavy atom. The number of hydrogen-bond donors (Lipinski definition) is 1. The van der Waals surface area contributed by atoms with E-state index in [1.807, 2.05) is 13.8 Å². The molecule has 1 aromatic carbocycles. The van der Waals surface area contributed by atoms with Gasteiger partial charge in [0, 0.05) is 30.9 Å². The third-order valence-corrected chi connectivity index (χ3v) is 3.62. The molecular weight excluding hydrogens is 297 g/mol. The molecular formula is C17H20FN3O2. The lowest BCUT2D eigenvalue weighted by molar-refractivity contribution is -0.125. The summed E-state index contributed by atoms with van der Waals surface area (Å²) in [5.74, 6) is -0.486. The van der Waals surface area contributed by atoms with Gasteiger partial charge in [-0.1, -0.05) is 0 Å². The highest BCUT2D eigenvalue weighted by molar-refractivity contribution is 5.91. The van der Waals surface area contributed by atoms with Crippen LogP contribution in [-0.2, 0) is 4.79 Å². The molecule has 1 aromatic heterocycles. The highest BCUT2D eigenvalue weighted by Crippen LogP contribution is 2.19. The molecule has 0 saturated heterocycles. The number of aryl methyl sites for hydroxylation is 1. The van der Waals surface area contributed by atoms with Crippen molar-refractivity contribution in [3.05, 3.63) is 53.1 Å². The van der Waals surface area contributed by atoms with Crippen molar-refractivity contribution in [2.45, 2.75) is 13.8 Å². The van der Waals surface area contributed by atoms with E-state index in [1.54, 1.807) is 29.9 Å². The van der Waals surface area contributed by atoms with Gasteiger partial charge in [0.1, 0.15) is 5.82 Å². The van der Waals surface area contributed by atoms with E-state index in [0.29, 0.717) is 0 Å². The fraction of sp³-hybridized carbons (Fsp3) is 0.294. The Labute approximate surface area is 134 Å². The Bertz CT molecular complexity index is 720. The average molecular weight is 317 g/mol. The Hall–Kier alpha value is -2.47. The number of nitrogens with zero attached hydrogens (tertiary/aromatic N) is 3. The topological polar surface area (TPSA) is 58.4 Å². The Morgan fingerprint density at radius 1 is 1.35 bits per heavy atom. The van der Waals surface area contributed by atoms with Crippen molar-refractivity contribution in [3.8, 4) is 5.69 Å². The minimum atomic E-state index is -0.298. The molecule has 2 rings (SSSR count). The molecule has 6 heteroatoms. The molecule has 0 saturated carbocycles. The summed E-state index contributed by atoms with van der Waals surface area (Å²) < 4.78 is 14.8. The molecule has 0 aliphatic carbocycles. The van der Waals surface area contributed by atoms with Crippen LogP contribution in [-0.4, -0.2) is 45.9 Å². The Morgan fingerprint density at radius 2 is 2.00 bits per heavy atom. The molecule has 0 radical (unpaired) electrons. The van der Waals surface area contributed by atoms with Crippen LogP contribution in [0.4, 0.5) is 4.39 Å². The number of carbonyl (C=O) groups excluding carboxylic acids is 1. The first-order valence-corrected chi connectivity index (χ1v) is 7.30. The number of aliphatic hydroxyl groups excluding tert-OH is 1. The summed E-state index contributed by atoms with van der Waals surface area (Å²) in [6.45, 7) is 3.96. The molecule has 23 heavy (non-hydrogen) atoms. The highest BCUT2D eigenvalue weighted by Gasteiger charge is 2.11. The Balaban J connectivity index is 2.27. The van der Waals surface area contributed by atoms with Gasteiger partial charge in [0.05, 0.1) is 18.0 Å². The average Bonchev–Trinajstić information content (AvgIpc) is 2.80. The molecule has 1 N–H and O–H groups in total. The van der Waals surface area contributed by atoms with E-state index in [-0.39, 0.29) is 24.9 Å². The third kappa shape index (κ3) is 3.84. The van der Waals surface area contributed by atoms with Gasteiger partial charge >= 0.3 is 0 Å². The molecule has 1 heterocycles. The van der Waals surface area contributed by atoms with Crippen LogP contribution >= 0.6 is 0 Å². The van der Waals surface area contributed by atoms with Crippen LogP contribution in [0.25, 0.3) is 11.8 Å². The van der Waals surface area contributed by atoms with Gasteiger partial charge in [-0.25, -0.2) is 9.07 Å². The van der Waals surface area contributed by atoms with Gasteiger partial charge < -0.3 is 10.0 Å². The van der Waals surface area contributed by atoms with Crippen LogP contribution in [0.15, 0.2) is 30.3 Å². The maximum atomic E-state index is 13.0. The van der Waals surface area contributed by atoms with Crippen molar-refractivity contribution in [2.24, 2.45) is 0 Å². The van der Waals surface area contributed by atoms with Crippen LogP contribution in [0.5, 0.6) is 0 Å². The summed E-state index contributed by atoms with van der Waals surface area (Å²) in [4.78, 5) is 13.3. The Kier molecular flexibility index (Phi) is 5.28. The molecule has 0 fully saturated rings. The number of carbonyl (C=O) groups is 1. The van der Waals surface area contributed by atoms with E-state index in [4.69, 9.17) is 5.11 Å². The van der Waals surface area contributed by atoms with Gasteiger partial charge in [0.15, 0.2) is 0 Å². The second-order valence-electron chi connectivity index (χ2n) is 5.29. The normalized spacial score (nSPS) is 11.2. The summed E-state index contributed by atoms with van der Waals surface area (Å²) in [6, 6.07) is 6.08. The molecule has 0 aliphatic heterocycles. The quantitative estimate of drug-likeness (QED) is 0.859. The van der Waals surface area contributed by atoms with Crippen molar-refractivity contribution in [1.29, 1.82) is 0 Å². The van der Waals surface area contributed by atoms with E-state index in [2.05, 4.69) is 5.10 Å². The van der Waals surface area contributed by atoms with Gasteiger partial charge in [0.2, 0.25) is 5.91 Å². The molecule has 1 amide bonds. The third-order valence-electron chi connectivity index (χ3n) is 3.62. The van der Waals surface area contributed by atoms with Crippen LogP contribution < -0.4 is 0 Å². The molecule has 0 spiro atoms. The maximum absolute atomic E-state index is 13.0. The van der Waals surface area contributed by atoms with Crippen LogP contribution in [0, 0.1) is 19.7 Å². The molecule has 122 valence electrons. The predicted octanol–water partition coefficient (Wildman–Crippen LogP) is 2.09. The monoisotopic (exact) mass is 317 g/mol. The summed E-state index contributed by atoms with van der Waals surface area (Å²) >= 11 is 0. The smallest absolute Gasteiger partial charge is 0.246 e. The standard InChI is InChI=1S/C17H20FN3O2/c1-12-16(8-9-17(23)20(3)10-11-22)13(2)21(19-12)15-6-4-14(18)5-7-15/h4-9,22H,10-11H2,1-3H3/b9-8+.